The molecule has 2 aromatic rings. The maximum atomic E-state index is 11.9. The van der Waals surface area contributed by atoms with E-state index in [1.807, 2.05) is 19.9 Å². The van der Waals surface area contributed by atoms with Crippen molar-refractivity contribution in [3.05, 3.63) is 50.7 Å². The summed E-state index contributed by atoms with van der Waals surface area (Å²) in [4.78, 5) is 23.2. The predicted octanol–water partition coefficient (Wildman–Crippen LogP) is 1.55. The number of nitrogens with one attached hydrogen (secondary N) is 1. The molecule has 0 spiro atoms. The summed E-state index contributed by atoms with van der Waals surface area (Å²) < 4.78 is 5.44. The molecule has 1 aliphatic rings. The van der Waals surface area contributed by atoms with Gasteiger partial charge in [0.2, 0.25) is 5.95 Å². The van der Waals surface area contributed by atoms with Crippen LogP contribution in [0.3, 0.4) is 0 Å². The number of rotatable bonds is 3. The van der Waals surface area contributed by atoms with Crippen molar-refractivity contribution >= 4 is 11.5 Å². The van der Waals surface area contributed by atoms with Gasteiger partial charge < -0.3 is 10.5 Å². The number of allylic oxidation sites excluding steroid dienone is 2. The lowest BCUT2D eigenvalue weighted by Gasteiger charge is -2.13. The van der Waals surface area contributed by atoms with Crippen LogP contribution < -0.4 is 16.0 Å². The van der Waals surface area contributed by atoms with E-state index in [0.717, 1.165) is 28.1 Å². The molecule has 2 aromatic heterocycles. The second-order valence-electron chi connectivity index (χ2n) is 5.43. The molecule has 0 radical (unpaired) electrons. The van der Waals surface area contributed by atoms with Gasteiger partial charge in [0.1, 0.15) is 5.75 Å². The van der Waals surface area contributed by atoms with E-state index >= 15 is 0 Å². The van der Waals surface area contributed by atoms with E-state index in [1.54, 1.807) is 13.3 Å². The Labute approximate surface area is 128 Å². The molecular formula is C16H18N4O2. The van der Waals surface area contributed by atoms with Crippen molar-refractivity contribution in [2.24, 2.45) is 0 Å². The standard InChI is InChI=1S/C16H18N4O2/c1-8-7-18-12(9(2)14(8)22-3)6-10-4-5-11-13(10)19-16(17)20-15(11)21/h4,7H,5-6H2,1-3H3,(H3,17,19,20,21). The van der Waals surface area contributed by atoms with Crippen LogP contribution in [0.5, 0.6) is 5.75 Å². The van der Waals surface area contributed by atoms with E-state index in [9.17, 15) is 4.79 Å². The molecule has 0 saturated heterocycles. The Morgan fingerprint density at radius 1 is 1.41 bits per heavy atom. The molecule has 1 aliphatic carbocycles. The number of aromatic amines is 1. The summed E-state index contributed by atoms with van der Waals surface area (Å²) in [5.41, 5.74) is 10.7. The van der Waals surface area contributed by atoms with Crippen molar-refractivity contribution in [1.29, 1.82) is 0 Å². The summed E-state index contributed by atoms with van der Waals surface area (Å²) in [6.45, 7) is 3.96. The number of ether oxygens (including phenoxy) is 1. The smallest absolute Gasteiger partial charge is 0.256 e. The van der Waals surface area contributed by atoms with E-state index in [1.165, 1.54) is 0 Å². The summed E-state index contributed by atoms with van der Waals surface area (Å²) in [5.74, 6) is 0.991. The number of methoxy groups -OCH3 is 1. The van der Waals surface area contributed by atoms with E-state index in [4.69, 9.17) is 10.5 Å². The minimum absolute atomic E-state index is 0.141. The van der Waals surface area contributed by atoms with Gasteiger partial charge in [-0.3, -0.25) is 14.8 Å². The molecule has 6 heteroatoms. The number of nitrogens with two attached hydrogens (primary N) is 1. The Morgan fingerprint density at radius 3 is 2.91 bits per heavy atom. The number of aromatic nitrogens is 3. The highest BCUT2D eigenvalue weighted by molar-refractivity contribution is 5.72. The number of fused-ring (bicyclic) bond motifs is 1. The van der Waals surface area contributed by atoms with Crippen LogP contribution in [0.25, 0.3) is 5.57 Å². The molecule has 0 fully saturated rings. The number of H-pyrrole nitrogens is 1. The van der Waals surface area contributed by atoms with Crippen molar-refractivity contribution < 1.29 is 4.74 Å². The Morgan fingerprint density at radius 2 is 2.18 bits per heavy atom. The molecule has 22 heavy (non-hydrogen) atoms. The molecule has 0 atom stereocenters. The fraction of sp³-hybridized carbons (Fsp3) is 0.312. The largest absolute Gasteiger partial charge is 0.496 e. The van der Waals surface area contributed by atoms with Gasteiger partial charge in [-0.2, -0.15) is 0 Å². The molecule has 3 N–H and O–H groups in total. The van der Waals surface area contributed by atoms with Crippen LogP contribution in [0.2, 0.25) is 0 Å². The minimum Gasteiger partial charge on any atom is -0.496 e. The summed E-state index contributed by atoms with van der Waals surface area (Å²) in [5, 5.41) is 0. The van der Waals surface area contributed by atoms with Gasteiger partial charge in [-0.15, -0.1) is 0 Å². The Balaban J connectivity index is 2.00. The fourth-order valence-electron chi connectivity index (χ4n) is 2.88. The molecule has 2 heterocycles. The van der Waals surface area contributed by atoms with Gasteiger partial charge in [-0.05, 0) is 25.8 Å². The van der Waals surface area contributed by atoms with Gasteiger partial charge >= 0.3 is 0 Å². The van der Waals surface area contributed by atoms with Gasteiger partial charge in [-0.1, -0.05) is 6.08 Å². The van der Waals surface area contributed by atoms with E-state index < -0.39 is 0 Å². The highest BCUT2D eigenvalue weighted by Gasteiger charge is 2.21. The quantitative estimate of drug-likeness (QED) is 0.896. The number of aryl methyl sites for hydroxylation is 1. The van der Waals surface area contributed by atoms with E-state index in [-0.39, 0.29) is 11.5 Å². The summed E-state index contributed by atoms with van der Waals surface area (Å²) in [6, 6.07) is 0. The zero-order chi connectivity index (χ0) is 15.9. The van der Waals surface area contributed by atoms with Crippen LogP contribution in [0.4, 0.5) is 5.95 Å². The molecular weight excluding hydrogens is 280 g/mol. The van der Waals surface area contributed by atoms with Gasteiger partial charge in [0, 0.05) is 29.3 Å². The van der Waals surface area contributed by atoms with Crippen molar-refractivity contribution in [1.82, 2.24) is 15.0 Å². The lowest BCUT2D eigenvalue weighted by molar-refractivity contribution is 0.407. The normalized spacial score (nSPS) is 13.0. The molecule has 3 rings (SSSR count). The Kier molecular flexibility index (Phi) is 3.44. The molecule has 0 aliphatic heterocycles. The third-order valence-corrected chi connectivity index (χ3v) is 4.00. The number of nitrogen functional groups attached to an aromatic ring is 1. The van der Waals surface area contributed by atoms with Crippen LogP contribution in [-0.4, -0.2) is 22.1 Å². The van der Waals surface area contributed by atoms with Crippen molar-refractivity contribution in [3.63, 3.8) is 0 Å². The Hall–Kier alpha value is -2.63. The van der Waals surface area contributed by atoms with Crippen LogP contribution in [-0.2, 0) is 12.8 Å². The zero-order valence-electron chi connectivity index (χ0n) is 12.9. The third-order valence-electron chi connectivity index (χ3n) is 4.00. The fourth-order valence-corrected chi connectivity index (χ4v) is 2.88. The van der Waals surface area contributed by atoms with Crippen LogP contribution >= 0.6 is 0 Å². The average molecular weight is 298 g/mol. The molecule has 0 unspecified atom stereocenters. The first-order chi connectivity index (χ1) is 10.5. The molecule has 114 valence electrons. The maximum Gasteiger partial charge on any atom is 0.256 e. The first-order valence-electron chi connectivity index (χ1n) is 7.08. The highest BCUT2D eigenvalue weighted by Crippen LogP contribution is 2.30. The zero-order valence-corrected chi connectivity index (χ0v) is 12.9. The first kappa shape index (κ1) is 14.3. The number of anilines is 1. The SMILES string of the molecule is COc1c(C)cnc(CC2=CCc3c2nc(N)[nH]c3=O)c1C. The lowest BCUT2D eigenvalue weighted by Crippen LogP contribution is -2.17. The van der Waals surface area contributed by atoms with Gasteiger partial charge in [0.05, 0.1) is 18.5 Å². The van der Waals surface area contributed by atoms with Crippen molar-refractivity contribution in [2.75, 3.05) is 12.8 Å². The van der Waals surface area contributed by atoms with E-state index in [0.29, 0.717) is 24.1 Å². The van der Waals surface area contributed by atoms with Crippen LogP contribution in [0.1, 0.15) is 28.1 Å². The molecule has 0 aromatic carbocycles. The van der Waals surface area contributed by atoms with Gasteiger partial charge in [0.15, 0.2) is 0 Å². The topological polar surface area (TPSA) is 93.9 Å². The van der Waals surface area contributed by atoms with Crippen molar-refractivity contribution in [3.8, 4) is 5.75 Å². The molecule has 0 saturated carbocycles. The summed E-state index contributed by atoms with van der Waals surface area (Å²) in [6.07, 6.45) is 5.00. The number of pyridine rings is 1. The Bertz CT molecular complexity index is 837. The minimum atomic E-state index is -0.167. The lowest BCUT2D eigenvalue weighted by atomic mass is 10.0. The first-order valence-corrected chi connectivity index (χ1v) is 7.08. The predicted molar refractivity (Wildman–Crippen MR) is 84.9 cm³/mol. The number of hydrogen-bond donors (Lipinski definition) is 2. The van der Waals surface area contributed by atoms with Crippen molar-refractivity contribution in [2.45, 2.75) is 26.7 Å². The monoisotopic (exact) mass is 298 g/mol. The second kappa shape index (κ2) is 5.29. The maximum absolute atomic E-state index is 11.9. The van der Waals surface area contributed by atoms with Crippen LogP contribution in [0, 0.1) is 13.8 Å². The molecule has 0 amide bonds. The highest BCUT2D eigenvalue weighted by atomic mass is 16.5. The summed E-state index contributed by atoms with van der Waals surface area (Å²) in [7, 11) is 1.66. The van der Waals surface area contributed by atoms with E-state index in [2.05, 4.69) is 15.0 Å². The average Bonchev–Trinajstić information content (AvgIpc) is 2.86. The van der Waals surface area contributed by atoms with Gasteiger partial charge in [0.25, 0.3) is 5.56 Å². The van der Waals surface area contributed by atoms with Gasteiger partial charge in [-0.25, -0.2) is 4.98 Å². The summed E-state index contributed by atoms with van der Waals surface area (Å²) >= 11 is 0. The molecule has 6 nitrogen and oxygen atoms in total. The number of nitrogens with zero attached hydrogens (tertiary/aromatic N) is 2. The van der Waals surface area contributed by atoms with Crippen LogP contribution in [0.15, 0.2) is 17.1 Å². The molecule has 0 bridgehead atoms. The third kappa shape index (κ3) is 2.26. The second-order valence-corrected chi connectivity index (χ2v) is 5.43. The number of hydrogen-bond acceptors (Lipinski definition) is 5.